The number of likely N-dealkylation sites (tertiary alicyclic amines) is 1. The number of nitrogens with zero attached hydrogens (tertiary/aromatic N) is 4. The van der Waals surface area contributed by atoms with Gasteiger partial charge in [0.15, 0.2) is 11.6 Å². The Balaban J connectivity index is 1.29. The molecule has 2 aromatic carbocycles. The SMILES string of the molecule is CCc1cc(O)ccc1-c1ccc2c(-c3ncc(C4=CCN(C5CN(C)C5)C4)[nH]3)[nH]nc2c1F. The number of phenolic OH excluding ortho intramolecular Hbond substituents is 1. The van der Waals surface area contributed by atoms with Crippen LogP contribution in [0, 0.1) is 5.82 Å². The Hall–Kier alpha value is -3.49. The highest BCUT2D eigenvalue weighted by atomic mass is 19.1. The molecule has 34 heavy (non-hydrogen) atoms. The average Bonchev–Trinajstić information content (AvgIpc) is 3.56. The van der Waals surface area contributed by atoms with Crippen LogP contribution in [0.3, 0.4) is 0 Å². The number of aryl methyl sites for hydroxylation is 1. The molecule has 6 rings (SSSR count). The Bertz CT molecular complexity index is 1410. The highest BCUT2D eigenvalue weighted by Gasteiger charge is 2.31. The molecule has 4 aromatic rings. The summed E-state index contributed by atoms with van der Waals surface area (Å²) >= 11 is 0. The Morgan fingerprint density at radius 3 is 2.79 bits per heavy atom. The summed E-state index contributed by atoms with van der Waals surface area (Å²) in [6.45, 7) is 6.09. The molecule has 0 aliphatic carbocycles. The van der Waals surface area contributed by atoms with E-state index in [1.807, 2.05) is 19.2 Å². The van der Waals surface area contributed by atoms with Crippen LogP contribution in [0.25, 0.3) is 39.1 Å². The zero-order chi connectivity index (χ0) is 23.4. The minimum atomic E-state index is -0.383. The molecule has 0 unspecified atom stereocenters. The second-order valence-corrected chi connectivity index (χ2v) is 9.30. The van der Waals surface area contributed by atoms with E-state index in [9.17, 15) is 5.11 Å². The molecule has 3 N–H and O–H groups in total. The number of fused-ring (bicyclic) bond motifs is 1. The second kappa shape index (κ2) is 8.07. The summed E-state index contributed by atoms with van der Waals surface area (Å²) < 4.78 is 15.5. The van der Waals surface area contributed by atoms with Gasteiger partial charge in [-0.15, -0.1) is 0 Å². The van der Waals surface area contributed by atoms with Crippen LogP contribution in [0.15, 0.2) is 42.6 Å². The van der Waals surface area contributed by atoms with Crippen molar-refractivity contribution in [1.82, 2.24) is 30.0 Å². The number of hydrogen-bond acceptors (Lipinski definition) is 5. The van der Waals surface area contributed by atoms with Crippen LogP contribution in [0.1, 0.15) is 18.2 Å². The Labute approximate surface area is 196 Å². The van der Waals surface area contributed by atoms with E-state index in [1.54, 1.807) is 24.3 Å². The molecule has 2 aliphatic heterocycles. The fraction of sp³-hybridized carbons (Fsp3) is 0.308. The molecule has 0 amide bonds. The quantitative estimate of drug-likeness (QED) is 0.420. The summed E-state index contributed by atoms with van der Waals surface area (Å²) in [6, 6.07) is 9.30. The summed E-state index contributed by atoms with van der Waals surface area (Å²) in [7, 11) is 2.15. The number of rotatable bonds is 5. The van der Waals surface area contributed by atoms with Crippen molar-refractivity contribution < 1.29 is 9.50 Å². The normalized spacial score (nSPS) is 17.4. The molecule has 0 atom stereocenters. The Morgan fingerprint density at radius 1 is 1.18 bits per heavy atom. The van der Waals surface area contributed by atoms with Crippen molar-refractivity contribution in [3.8, 4) is 28.4 Å². The number of hydrogen-bond donors (Lipinski definition) is 3. The highest BCUT2D eigenvalue weighted by Crippen LogP contribution is 2.35. The van der Waals surface area contributed by atoms with Crippen LogP contribution in [-0.2, 0) is 6.42 Å². The third-order valence-corrected chi connectivity index (χ3v) is 7.09. The number of imidazole rings is 1. The first-order chi connectivity index (χ1) is 16.5. The second-order valence-electron chi connectivity index (χ2n) is 9.30. The van der Waals surface area contributed by atoms with Crippen molar-refractivity contribution in [2.24, 2.45) is 0 Å². The standard InChI is InChI=1S/C26H27FN6O/c1-3-15-10-18(34)4-5-19(15)20-6-7-21-24(23(20)27)30-31-25(21)26-28-11-22(29-26)16-8-9-33(12-16)17-13-32(2)14-17/h4-8,10-11,17,34H,3,9,12-14H2,1-2H3,(H,28,29)(H,30,31). The fourth-order valence-corrected chi connectivity index (χ4v) is 5.13. The van der Waals surface area contributed by atoms with Gasteiger partial charge in [-0.25, -0.2) is 9.37 Å². The number of aromatic hydroxyl groups is 1. The lowest BCUT2D eigenvalue weighted by Crippen LogP contribution is -2.57. The van der Waals surface area contributed by atoms with Gasteiger partial charge in [-0.2, -0.15) is 5.10 Å². The molecule has 7 nitrogen and oxygen atoms in total. The van der Waals surface area contributed by atoms with Gasteiger partial charge in [-0.1, -0.05) is 25.1 Å². The first kappa shape index (κ1) is 21.1. The first-order valence-electron chi connectivity index (χ1n) is 11.7. The largest absolute Gasteiger partial charge is 0.508 e. The molecule has 2 aromatic heterocycles. The third-order valence-electron chi connectivity index (χ3n) is 7.09. The lowest BCUT2D eigenvalue weighted by atomic mass is 9.96. The monoisotopic (exact) mass is 458 g/mol. The van der Waals surface area contributed by atoms with E-state index in [2.05, 4.69) is 43.1 Å². The molecule has 0 bridgehead atoms. The van der Waals surface area contributed by atoms with Gasteiger partial charge in [0.1, 0.15) is 17.0 Å². The van der Waals surface area contributed by atoms with Crippen molar-refractivity contribution in [2.75, 3.05) is 33.2 Å². The zero-order valence-electron chi connectivity index (χ0n) is 19.3. The lowest BCUT2D eigenvalue weighted by molar-refractivity contribution is 0.0738. The number of halogens is 1. The van der Waals surface area contributed by atoms with Gasteiger partial charge in [-0.3, -0.25) is 10.00 Å². The van der Waals surface area contributed by atoms with Gasteiger partial charge < -0.3 is 15.0 Å². The number of aromatic amines is 2. The number of nitrogens with one attached hydrogen (secondary N) is 2. The maximum absolute atomic E-state index is 15.5. The van der Waals surface area contributed by atoms with Crippen LogP contribution in [0.5, 0.6) is 5.75 Å². The summed E-state index contributed by atoms with van der Waals surface area (Å²) in [5.41, 5.74) is 5.30. The van der Waals surface area contributed by atoms with E-state index >= 15 is 4.39 Å². The van der Waals surface area contributed by atoms with Crippen LogP contribution in [-0.4, -0.2) is 74.3 Å². The molecule has 174 valence electrons. The van der Waals surface area contributed by atoms with E-state index < -0.39 is 0 Å². The van der Waals surface area contributed by atoms with Crippen LogP contribution >= 0.6 is 0 Å². The molecular formula is C26H27FN6O. The topological polar surface area (TPSA) is 84.1 Å². The minimum absolute atomic E-state index is 0.179. The van der Waals surface area contributed by atoms with Crippen molar-refractivity contribution in [3.05, 3.63) is 59.7 Å². The number of aromatic nitrogens is 4. The van der Waals surface area contributed by atoms with Gasteiger partial charge in [0.05, 0.1) is 11.9 Å². The van der Waals surface area contributed by atoms with E-state index in [4.69, 9.17) is 0 Å². The van der Waals surface area contributed by atoms with E-state index in [1.165, 1.54) is 5.57 Å². The third kappa shape index (κ3) is 3.41. The first-order valence-corrected chi connectivity index (χ1v) is 11.7. The maximum Gasteiger partial charge on any atom is 0.159 e. The molecular weight excluding hydrogens is 431 g/mol. The van der Waals surface area contributed by atoms with E-state index in [0.29, 0.717) is 34.9 Å². The molecule has 0 radical (unpaired) electrons. The van der Waals surface area contributed by atoms with Gasteiger partial charge in [0, 0.05) is 43.2 Å². The van der Waals surface area contributed by atoms with E-state index in [-0.39, 0.29) is 17.1 Å². The number of benzene rings is 2. The Morgan fingerprint density at radius 2 is 2.00 bits per heavy atom. The summed E-state index contributed by atoms with van der Waals surface area (Å²) in [4.78, 5) is 12.8. The summed E-state index contributed by atoms with van der Waals surface area (Å²) in [5, 5.41) is 17.8. The van der Waals surface area contributed by atoms with Gasteiger partial charge in [-0.05, 0) is 48.4 Å². The van der Waals surface area contributed by atoms with Crippen molar-refractivity contribution in [3.63, 3.8) is 0 Å². The molecule has 8 heteroatoms. The van der Waals surface area contributed by atoms with Gasteiger partial charge in [0.25, 0.3) is 0 Å². The van der Waals surface area contributed by atoms with Crippen molar-refractivity contribution in [1.29, 1.82) is 0 Å². The van der Waals surface area contributed by atoms with Gasteiger partial charge >= 0.3 is 0 Å². The van der Waals surface area contributed by atoms with Crippen LogP contribution in [0.2, 0.25) is 0 Å². The van der Waals surface area contributed by atoms with E-state index in [0.717, 1.165) is 43.0 Å². The van der Waals surface area contributed by atoms with Gasteiger partial charge in [0.2, 0.25) is 0 Å². The zero-order valence-corrected chi connectivity index (χ0v) is 19.3. The molecule has 0 saturated carbocycles. The highest BCUT2D eigenvalue weighted by molar-refractivity contribution is 5.95. The van der Waals surface area contributed by atoms with Crippen molar-refractivity contribution >= 4 is 16.5 Å². The number of H-pyrrole nitrogens is 2. The average molecular weight is 459 g/mol. The molecule has 2 aliphatic rings. The molecule has 1 fully saturated rings. The molecule has 0 spiro atoms. The predicted octanol–water partition coefficient (Wildman–Crippen LogP) is 4.04. The number of likely N-dealkylation sites (N-methyl/N-ethyl adjacent to an activating group) is 1. The minimum Gasteiger partial charge on any atom is -0.508 e. The van der Waals surface area contributed by atoms with Crippen molar-refractivity contribution in [2.45, 2.75) is 19.4 Å². The predicted molar refractivity (Wildman–Crippen MR) is 131 cm³/mol. The number of phenols is 1. The van der Waals surface area contributed by atoms with Crippen LogP contribution in [0.4, 0.5) is 4.39 Å². The summed E-state index contributed by atoms with van der Waals surface area (Å²) in [5.74, 6) is 0.441. The smallest absolute Gasteiger partial charge is 0.159 e. The summed E-state index contributed by atoms with van der Waals surface area (Å²) in [6.07, 6.45) is 4.79. The Kier molecular flexibility index (Phi) is 5.00. The fourth-order valence-electron chi connectivity index (χ4n) is 5.13. The lowest BCUT2D eigenvalue weighted by Gasteiger charge is -2.42. The van der Waals surface area contributed by atoms with Crippen LogP contribution < -0.4 is 0 Å². The molecule has 4 heterocycles. The maximum atomic E-state index is 15.5. The molecule has 1 saturated heterocycles.